The summed E-state index contributed by atoms with van der Waals surface area (Å²) in [6.45, 7) is 4.96. The molecular weight excluding hydrogens is 239 g/mol. The van der Waals surface area contributed by atoms with Gasteiger partial charge in [0.1, 0.15) is 6.10 Å². The zero-order chi connectivity index (χ0) is 12.9. The molecule has 1 rings (SSSR count). The van der Waals surface area contributed by atoms with Gasteiger partial charge >= 0.3 is 7.60 Å². The molecule has 0 aromatic heterocycles. The van der Waals surface area contributed by atoms with Crippen LogP contribution in [0.3, 0.4) is 0 Å². The number of rotatable bonds is 6. The minimum Gasteiger partial charge on any atom is -0.305 e. The lowest BCUT2D eigenvalue weighted by atomic mass is 10.3. The van der Waals surface area contributed by atoms with E-state index < -0.39 is 13.7 Å². The maximum absolute atomic E-state index is 12.5. The maximum atomic E-state index is 12.5. The largest absolute Gasteiger partial charge is 0.362 e. The van der Waals surface area contributed by atoms with Crippen molar-refractivity contribution < 1.29 is 18.4 Å². The second kappa shape index (κ2) is 6.10. The Morgan fingerprint density at radius 3 is 2.41 bits per heavy atom. The second-order valence-corrected chi connectivity index (χ2v) is 5.59. The molecule has 0 radical (unpaired) electrons. The van der Waals surface area contributed by atoms with Crippen LogP contribution in [0.2, 0.25) is 0 Å². The number of ketones is 1. The molecule has 0 aliphatic carbocycles. The van der Waals surface area contributed by atoms with Crippen LogP contribution < -0.4 is 5.30 Å². The topological polar surface area (TPSA) is 52.6 Å². The highest BCUT2D eigenvalue weighted by Gasteiger charge is 2.30. The Bertz CT molecular complexity index is 416. The predicted molar refractivity (Wildman–Crippen MR) is 66.5 cm³/mol. The Morgan fingerprint density at radius 1 is 1.35 bits per heavy atom. The molecular formula is C12H17O4P. The van der Waals surface area contributed by atoms with E-state index in [0.29, 0.717) is 5.30 Å². The van der Waals surface area contributed by atoms with Crippen LogP contribution >= 0.6 is 7.60 Å². The molecule has 94 valence electrons. The third-order valence-corrected chi connectivity index (χ3v) is 4.36. The van der Waals surface area contributed by atoms with E-state index in [-0.39, 0.29) is 12.4 Å². The van der Waals surface area contributed by atoms with Crippen molar-refractivity contribution in [3.8, 4) is 0 Å². The Balaban J connectivity index is 2.98. The molecule has 0 fully saturated rings. The smallest absolute Gasteiger partial charge is 0.305 e. The van der Waals surface area contributed by atoms with Gasteiger partial charge in [0.2, 0.25) is 0 Å². The third-order valence-electron chi connectivity index (χ3n) is 2.24. The van der Waals surface area contributed by atoms with Gasteiger partial charge in [-0.3, -0.25) is 13.9 Å². The molecule has 2 unspecified atom stereocenters. The van der Waals surface area contributed by atoms with Crippen molar-refractivity contribution in [2.75, 3.05) is 6.61 Å². The highest BCUT2D eigenvalue weighted by atomic mass is 31.2. The summed E-state index contributed by atoms with van der Waals surface area (Å²) in [5, 5.41) is 0.468. The van der Waals surface area contributed by atoms with E-state index in [1.807, 2.05) is 6.07 Å². The number of hydrogen-bond acceptors (Lipinski definition) is 4. The molecule has 0 aliphatic rings. The van der Waals surface area contributed by atoms with E-state index in [1.165, 1.54) is 6.92 Å². The number of benzene rings is 1. The standard InChI is InChI=1S/C12H17O4P/c1-4-15-17(14,16-11(3)10(2)13)12-8-6-5-7-9-12/h5-9,11H,4H2,1-3H3. The van der Waals surface area contributed by atoms with E-state index in [2.05, 4.69) is 0 Å². The van der Waals surface area contributed by atoms with Crippen LogP contribution in [0.4, 0.5) is 0 Å². The molecule has 1 aromatic carbocycles. The first kappa shape index (κ1) is 14.1. The van der Waals surface area contributed by atoms with Crippen LogP contribution in [0.5, 0.6) is 0 Å². The van der Waals surface area contributed by atoms with Gasteiger partial charge < -0.3 is 4.52 Å². The summed E-state index contributed by atoms with van der Waals surface area (Å²) in [6.07, 6.45) is -0.743. The molecule has 0 saturated heterocycles. The van der Waals surface area contributed by atoms with Crippen LogP contribution in [-0.4, -0.2) is 18.5 Å². The lowest BCUT2D eigenvalue weighted by molar-refractivity contribution is -0.123. The molecule has 0 bridgehead atoms. The van der Waals surface area contributed by atoms with E-state index in [1.54, 1.807) is 38.1 Å². The van der Waals surface area contributed by atoms with Crippen molar-refractivity contribution in [3.63, 3.8) is 0 Å². The molecule has 4 nitrogen and oxygen atoms in total. The van der Waals surface area contributed by atoms with Gasteiger partial charge in [0.15, 0.2) is 5.78 Å². The van der Waals surface area contributed by atoms with E-state index in [4.69, 9.17) is 9.05 Å². The lowest BCUT2D eigenvalue weighted by Gasteiger charge is -2.20. The molecule has 0 spiro atoms. The maximum Gasteiger partial charge on any atom is 0.362 e. The van der Waals surface area contributed by atoms with Crippen molar-refractivity contribution in [3.05, 3.63) is 30.3 Å². The molecule has 1 aromatic rings. The SMILES string of the molecule is CCOP(=O)(OC(C)C(C)=O)c1ccccc1. The minimum atomic E-state index is -3.40. The summed E-state index contributed by atoms with van der Waals surface area (Å²) in [5.41, 5.74) is 0. The Kier molecular flexibility index (Phi) is 5.06. The monoisotopic (exact) mass is 256 g/mol. The van der Waals surface area contributed by atoms with Crippen LogP contribution in [0.25, 0.3) is 0 Å². The summed E-state index contributed by atoms with van der Waals surface area (Å²) in [4.78, 5) is 11.2. The third kappa shape index (κ3) is 3.77. The van der Waals surface area contributed by atoms with Crippen molar-refractivity contribution in [1.29, 1.82) is 0 Å². The molecule has 0 heterocycles. The van der Waals surface area contributed by atoms with Gasteiger partial charge in [0, 0.05) is 0 Å². The molecule has 0 amide bonds. The van der Waals surface area contributed by atoms with Crippen molar-refractivity contribution in [2.45, 2.75) is 26.9 Å². The minimum absolute atomic E-state index is 0.180. The molecule has 2 atom stereocenters. The number of hydrogen-bond donors (Lipinski definition) is 0. The van der Waals surface area contributed by atoms with Gasteiger partial charge in [-0.05, 0) is 32.9 Å². The first-order valence-electron chi connectivity index (χ1n) is 5.48. The Labute approximate surface area is 101 Å². The molecule has 0 N–H and O–H groups in total. The average molecular weight is 256 g/mol. The van der Waals surface area contributed by atoms with Crippen LogP contribution in [0, 0.1) is 0 Å². The van der Waals surface area contributed by atoms with Crippen molar-refractivity contribution >= 4 is 18.7 Å². The Morgan fingerprint density at radius 2 is 1.94 bits per heavy atom. The van der Waals surface area contributed by atoms with Crippen molar-refractivity contribution in [2.24, 2.45) is 0 Å². The van der Waals surface area contributed by atoms with Gasteiger partial charge in [-0.2, -0.15) is 0 Å². The van der Waals surface area contributed by atoms with E-state index in [9.17, 15) is 9.36 Å². The summed E-state index contributed by atoms with van der Waals surface area (Å²) in [7, 11) is -3.40. The van der Waals surface area contributed by atoms with Gasteiger partial charge in [-0.15, -0.1) is 0 Å². The second-order valence-electron chi connectivity index (χ2n) is 3.61. The normalized spacial score (nSPS) is 16.2. The van der Waals surface area contributed by atoms with Gasteiger partial charge in [-0.25, -0.2) is 0 Å². The molecule has 0 saturated carbocycles. The van der Waals surface area contributed by atoms with Crippen LogP contribution in [0.15, 0.2) is 30.3 Å². The van der Waals surface area contributed by atoms with Crippen molar-refractivity contribution in [1.82, 2.24) is 0 Å². The average Bonchev–Trinajstić information content (AvgIpc) is 2.30. The highest BCUT2D eigenvalue weighted by molar-refractivity contribution is 7.62. The zero-order valence-corrected chi connectivity index (χ0v) is 11.1. The van der Waals surface area contributed by atoms with Gasteiger partial charge in [0.25, 0.3) is 0 Å². The first-order chi connectivity index (χ1) is 7.99. The summed E-state index contributed by atoms with van der Waals surface area (Å²) < 4.78 is 23.1. The van der Waals surface area contributed by atoms with Crippen LogP contribution in [-0.2, 0) is 18.4 Å². The summed E-state index contributed by atoms with van der Waals surface area (Å²) in [5.74, 6) is -0.180. The summed E-state index contributed by atoms with van der Waals surface area (Å²) >= 11 is 0. The lowest BCUT2D eigenvalue weighted by Crippen LogP contribution is -2.21. The van der Waals surface area contributed by atoms with E-state index in [0.717, 1.165) is 0 Å². The zero-order valence-electron chi connectivity index (χ0n) is 10.3. The number of carbonyl (C=O) groups excluding carboxylic acids is 1. The quantitative estimate of drug-likeness (QED) is 0.734. The van der Waals surface area contributed by atoms with Gasteiger partial charge in [-0.1, -0.05) is 18.2 Å². The van der Waals surface area contributed by atoms with Crippen LogP contribution in [0.1, 0.15) is 20.8 Å². The number of Topliss-reactive ketones (excluding diaryl/α,β-unsaturated/α-hetero) is 1. The fourth-order valence-corrected chi connectivity index (χ4v) is 3.00. The first-order valence-corrected chi connectivity index (χ1v) is 7.03. The number of carbonyl (C=O) groups is 1. The highest BCUT2D eigenvalue weighted by Crippen LogP contribution is 2.48. The molecule has 0 aliphatic heterocycles. The fraction of sp³-hybridized carbons (Fsp3) is 0.417. The molecule has 5 heteroatoms. The summed E-state index contributed by atoms with van der Waals surface area (Å²) in [6, 6.07) is 8.66. The predicted octanol–water partition coefficient (Wildman–Crippen LogP) is 2.54. The fourth-order valence-electron chi connectivity index (χ4n) is 1.23. The van der Waals surface area contributed by atoms with E-state index >= 15 is 0 Å². The van der Waals surface area contributed by atoms with Gasteiger partial charge in [0.05, 0.1) is 11.9 Å². The Hall–Kier alpha value is -0.960. The molecule has 17 heavy (non-hydrogen) atoms.